The third-order valence-electron chi connectivity index (χ3n) is 3.64. The van der Waals surface area contributed by atoms with Crippen molar-refractivity contribution < 1.29 is 18.0 Å². The van der Waals surface area contributed by atoms with E-state index in [-0.39, 0.29) is 16.5 Å². The molecule has 6 heteroatoms. The number of carbonyl (C=O) groups is 1. The molecular weight excluding hydrogens is 279 g/mol. The molecule has 1 heterocycles. The second-order valence-corrected chi connectivity index (χ2v) is 5.49. The van der Waals surface area contributed by atoms with Gasteiger partial charge in [-0.15, -0.1) is 0 Å². The molecule has 0 aliphatic heterocycles. The van der Waals surface area contributed by atoms with Crippen LogP contribution in [0.3, 0.4) is 0 Å². The van der Waals surface area contributed by atoms with Gasteiger partial charge in [-0.2, -0.15) is 13.2 Å². The van der Waals surface area contributed by atoms with Gasteiger partial charge in [-0.3, -0.25) is 4.79 Å². The number of pyridine rings is 1. The summed E-state index contributed by atoms with van der Waals surface area (Å²) in [5.74, 6) is -0.212. The molecular formula is C13H13ClF3NO. The number of hydrogen-bond donors (Lipinski definition) is 0. The highest BCUT2D eigenvalue weighted by atomic mass is 35.5. The number of hydrogen-bond acceptors (Lipinski definition) is 2. The van der Waals surface area contributed by atoms with Crippen molar-refractivity contribution in [3.63, 3.8) is 0 Å². The molecule has 1 aromatic rings. The zero-order valence-electron chi connectivity index (χ0n) is 10.4. The highest BCUT2D eigenvalue weighted by molar-refractivity contribution is 6.33. The molecule has 0 amide bonds. The molecule has 1 aromatic heterocycles. The number of aromatic nitrogens is 1. The van der Waals surface area contributed by atoms with Crippen LogP contribution in [-0.4, -0.2) is 10.8 Å². The Bertz CT molecular complexity index is 507. The van der Waals surface area contributed by atoms with Crippen molar-refractivity contribution in [1.29, 1.82) is 0 Å². The smallest absolute Gasteiger partial charge is 0.293 e. The van der Waals surface area contributed by atoms with Gasteiger partial charge in [0.15, 0.2) is 5.78 Å². The van der Waals surface area contributed by atoms with Crippen LogP contribution in [0.2, 0.25) is 5.15 Å². The number of carbonyl (C=O) groups excluding carboxylic acids is 1. The standard InChI is InChI=1S/C13H13ClF3NO/c1-12(6-2-3-7-12)10(19)8-4-5-9(13(15,16)17)18-11(8)14/h4-5H,2-3,6-7H2,1H3. The first-order chi connectivity index (χ1) is 8.74. The molecule has 1 aliphatic rings. The topological polar surface area (TPSA) is 30.0 Å². The van der Waals surface area contributed by atoms with Gasteiger partial charge in [0.2, 0.25) is 0 Å². The average molecular weight is 292 g/mol. The van der Waals surface area contributed by atoms with Gasteiger partial charge in [0.1, 0.15) is 10.8 Å². The molecule has 0 spiro atoms. The molecule has 0 unspecified atom stereocenters. The van der Waals surface area contributed by atoms with E-state index in [0.29, 0.717) is 0 Å². The van der Waals surface area contributed by atoms with E-state index in [1.165, 1.54) is 0 Å². The van der Waals surface area contributed by atoms with Crippen LogP contribution in [0.4, 0.5) is 13.2 Å². The number of nitrogens with zero attached hydrogens (tertiary/aromatic N) is 1. The summed E-state index contributed by atoms with van der Waals surface area (Å²) in [7, 11) is 0. The van der Waals surface area contributed by atoms with E-state index in [4.69, 9.17) is 11.6 Å². The normalized spacial score (nSPS) is 18.6. The zero-order valence-corrected chi connectivity index (χ0v) is 11.1. The Kier molecular flexibility index (Phi) is 3.60. The molecule has 0 bridgehead atoms. The minimum absolute atomic E-state index is 0.0825. The summed E-state index contributed by atoms with van der Waals surface area (Å²) in [4.78, 5) is 15.6. The third kappa shape index (κ3) is 2.76. The molecule has 0 saturated heterocycles. The van der Waals surface area contributed by atoms with Crippen molar-refractivity contribution in [1.82, 2.24) is 4.98 Å². The number of Topliss-reactive ketones (excluding diaryl/α,β-unsaturated/α-hetero) is 1. The SMILES string of the molecule is CC1(C(=O)c2ccc(C(F)(F)F)nc2Cl)CCCC1. The Balaban J connectivity index is 2.34. The minimum Gasteiger partial charge on any atom is -0.293 e. The third-order valence-corrected chi connectivity index (χ3v) is 3.93. The van der Waals surface area contributed by atoms with Gasteiger partial charge in [-0.1, -0.05) is 31.4 Å². The van der Waals surface area contributed by atoms with Crippen molar-refractivity contribution in [2.75, 3.05) is 0 Å². The minimum atomic E-state index is -4.55. The zero-order chi connectivity index (χ0) is 14.3. The Hall–Kier alpha value is -1.10. The van der Waals surface area contributed by atoms with Crippen LogP contribution in [0, 0.1) is 5.41 Å². The number of halogens is 4. The van der Waals surface area contributed by atoms with Gasteiger partial charge in [0.05, 0.1) is 5.56 Å². The first-order valence-corrected chi connectivity index (χ1v) is 6.40. The second-order valence-electron chi connectivity index (χ2n) is 5.13. The summed E-state index contributed by atoms with van der Waals surface area (Å²) in [6.07, 6.45) is -1.17. The lowest BCUT2D eigenvalue weighted by molar-refractivity contribution is -0.141. The van der Waals surface area contributed by atoms with Gasteiger partial charge < -0.3 is 0 Å². The molecule has 0 N–H and O–H groups in total. The van der Waals surface area contributed by atoms with E-state index < -0.39 is 17.3 Å². The van der Waals surface area contributed by atoms with Crippen molar-refractivity contribution in [2.24, 2.45) is 5.41 Å². The van der Waals surface area contributed by atoms with Gasteiger partial charge in [0.25, 0.3) is 0 Å². The highest BCUT2D eigenvalue weighted by Gasteiger charge is 2.39. The highest BCUT2D eigenvalue weighted by Crippen LogP contribution is 2.41. The number of ketones is 1. The monoisotopic (exact) mass is 291 g/mol. The maximum Gasteiger partial charge on any atom is 0.433 e. The largest absolute Gasteiger partial charge is 0.433 e. The summed E-state index contributed by atoms with van der Waals surface area (Å²) in [5.41, 5.74) is -1.52. The molecule has 1 aliphatic carbocycles. The Morgan fingerprint density at radius 2 is 1.89 bits per heavy atom. The molecule has 19 heavy (non-hydrogen) atoms. The van der Waals surface area contributed by atoms with Crippen LogP contribution in [0.15, 0.2) is 12.1 Å². The van der Waals surface area contributed by atoms with Crippen molar-refractivity contribution in [2.45, 2.75) is 38.8 Å². The summed E-state index contributed by atoms with van der Waals surface area (Å²) >= 11 is 5.74. The predicted molar refractivity (Wildman–Crippen MR) is 65.2 cm³/mol. The molecule has 2 rings (SSSR count). The Morgan fingerprint density at radius 3 is 2.37 bits per heavy atom. The van der Waals surface area contributed by atoms with E-state index in [1.54, 1.807) is 0 Å². The van der Waals surface area contributed by atoms with Crippen molar-refractivity contribution >= 4 is 17.4 Å². The van der Waals surface area contributed by atoms with Gasteiger partial charge in [-0.05, 0) is 25.0 Å². The fourth-order valence-corrected chi connectivity index (χ4v) is 2.71. The molecule has 104 valence electrons. The van der Waals surface area contributed by atoms with Gasteiger partial charge in [-0.25, -0.2) is 4.98 Å². The Morgan fingerprint density at radius 1 is 1.32 bits per heavy atom. The molecule has 0 radical (unpaired) electrons. The predicted octanol–water partition coefficient (Wildman–Crippen LogP) is 4.52. The number of rotatable bonds is 2. The fourth-order valence-electron chi connectivity index (χ4n) is 2.47. The molecule has 2 nitrogen and oxygen atoms in total. The maximum absolute atomic E-state index is 12.5. The lowest BCUT2D eigenvalue weighted by atomic mass is 9.81. The van der Waals surface area contributed by atoms with E-state index in [9.17, 15) is 18.0 Å². The second kappa shape index (κ2) is 4.78. The Labute approximate surface area is 114 Å². The van der Waals surface area contributed by atoms with E-state index in [2.05, 4.69) is 4.98 Å². The summed E-state index contributed by atoms with van der Waals surface area (Å²) in [5, 5.41) is -0.368. The summed E-state index contributed by atoms with van der Waals surface area (Å²) in [6, 6.07) is 1.93. The van der Waals surface area contributed by atoms with Crippen molar-refractivity contribution in [3.05, 3.63) is 28.5 Å². The van der Waals surface area contributed by atoms with Crippen LogP contribution in [0.5, 0.6) is 0 Å². The molecule has 0 aromatic carbocycles. The summed E-state index contributed by atoms with van der Waals surface area (Å²) < 4.78 is 37.4. The van der Waals surface area contributed by atoms with E-state index >= 15 is 0 Å². The lowest BCUT2D eigenvalue weighted by Crippen LogP contribution is -2.25. The molecule has 1 fully saturated rings. The molecule has 0 atom stereocenters. The lowest BCUT2D eigenvalue weighted by Gasteiger charge is -2.22. The van der Waals surface area contributed by atoms with Gasteiger partial charge >= 0.3 is 6.18 Å². The van der Waals surface area contributed by atoms with Crippen molar-refractivity contribution in [3.8, 4) is 0 Å². The van der Waals surface area contributed by atoms with E-state index in [1.807, 2.05) is 6.92 Å². The molecule has 1 saturated carbocycles. The number of alkyl halides is 3. The summed E-state index contributed by atoms with van der Waals surface area (Å²) in [6.45, 7) is 1.83. The van der Waals surface area contributed by atoms with Gasteiger partial charge in [0, 0.05) is 5.41 Å². The first kappa shape index (κ1) is 14.3. The van der Waals surface area contributed by atoms with Crippen LogP contribution in [-0.2, 0) is 6.18 Å². The van der Waals surface area contributed by atoms with Crippen LogP contribution < -0.4 is 0 Å². The van der Waals surface area contributed by atoms with Crippen LogP contribution >= 0.6 is 11.6 Å². The quantitative estimate of drug-likeness (QED) is 0.592. The van der Waals surface area contributed by atoms with Crippen LogP contribution in [0.1, 0.15) is 48.7 Å². The van der Waals surface area contributed by atoms with E-state index in [0.717, 1.165) is 37.8 Å². The average Bonchev–Trinajstić information content (AvgIpc) is 2.75. The van der Waals surface area contributed by atoms with Crippen LogP contribution in [0.25, 0.3) is 0 Å². The maximum atomic E-state index is 12.5. The first-order valence-electron chi connectivity index (χ1n) is 6.03. The fraction of sp³-hybridized carbons (Fsp3) is 0.538.